The minimum absolute atomic E-state index is 0.141. The van der Waals surface area contributed by atoms with Crippen LogP contribution in [-0.4, -0.2) is 20.9 Å². The van der Waals surface area contributed by atoms with Crippen molar-refractivity contribution in [3.63, 3.8) is 0 Å². The van der Waals surface area contributed by atoms with Crippen LogP contribution in [0.15, 0.2) is 64.6 Å². The summed E-state index contributed by atoms with van der Waals surface area (Å²) in [6.45, 7) is 0. The van der Waals surface area contributed by atoms with Crippen molar-refractivity contribution in [2.24, 2.45) is 10.2 Å². The van der Waals surface area contributed by atoms with E-state index in [-0.39, 0.29) is 21.8 Å². The number of sulfonamides is 1. The second kappa shape index (κ2) is 6.20. The minimum atomic E-state index is -4.82. The zero-order valence-electron chi connectivity index (χ0n) is 13.0. The first-order valence-corrected chi connectivity index (χ1v) is 9.10. The van der Waals surface area contributed by atoms with Gasteiger partial charge in [-0.3, -0.25) is 0 Å². The second-order valence-electron chi connectivity index (χ2n) is 5.47. The monoisotopic (exact) mass is 402 g/mol. The van der Waals surface area contributed by atoms with E-state index in [1.165, 1.54) is 30.3 Å². The Kier molecular flexibility index (Phi) is 4.43. The highest BCUT2D eigenvalue weighted by molar-refractivity contribution is 7.89. The van der Waals surface area contributed by atoms with Crippen molar-refractivity contribution in [2.45, 2.75) is 11.2 Å². The van der Waals surface area contributed by atoms with Crippen molar-refractivity contribution in [3.05, 3.63) is 65.2 Å². The van der Waals surface area contributed by atoms with E-state index in [0.29, 0.717) is 5.02 Å². The molecule has 0 radical (unpaired) electrons. The van der Waals surface area contributed by atoms with Crippen molar-refractivity contribution < 1.29 is 21.6 Å². The molecule has 1 heterocycles. The molecule has 0 amide bonds. The summed E-state index contributed by atoms with van der Waals surface area (Å²) in [6.07, 6.45) is -2.50. The van der Waals surface area contributed by atoms with E-state index in [0.717, 1.165) is 30.5 Å². The maximum absolute atomic E-state index is 14.1. The van der Waals surface area contributed by atoms with E-state index in [1.54, 1.807) is 0 Å². The number of primary sulfonamides is 1. The quantitative estimate of drug-likeness (QED) is 0.625. The van der Waals surface area contributed by atoms with Gasteiger partial charge in [-0.05, 0) is 41.0 Å². The lowest BCUT2D eigenvalue weighted by molar-refractivity contribution is -0.216. The summed E-state index contributed by atoms with van der Waals surface area (Å²) < 4.78 is 63.2. The molecule has 0 spiro atoms. The summed E-state index contributed by atoms with van der Waals surface area (Å²) in [5.74, 6) is 0. The molecule has 0 aliphatic carbocycles. The predicted octanol–water partition coefficient (Wildman–Crippen LogP) is 3.86. The highest BCUT2D eigenvalue weighted by Gasteiger charge is 2.63. The maximum atomic E-state index is 14.1. The van der Waals surface area contributed by atoms with E-state index in [4.69, 9.17) is 16.7 Å². The van der Waals surface area contributed by atoms with Crippen LogP contribution in [0.5, 0.6) is 0 Å². The molecular formula is C16H12ClF3N3O2S+. The topological polar surface area (TPSA) is 72.5 Å². The summed E-state index contributed by atoms with van der Waals surface area (Å²) >= 11 is 5.81. The van der Waals surface area contributed by atoms with E-state index in [1.807, 2.05) is 0 Å². The number of alkyl halides is 3. The molecule has 0 fully saturated rings. The molecule has 10 heteroatoms. The third-order valence-corrected chi connectivity index (χ3v) is 5.05. The van der Waals surface area contributed by atoms with Crippen LogP contribution in [0.2, 0.25) is 5.02 Å². The lowest BCUT2D eigenvalue weighted by Crippen LogP contribution is -2.52. The number of hydrogen-bond acceptors (Lipinski definition) is 3. The SMILES string of the molecule is NS(=O)(=O)c1ccc([N+]2(C(F)(F)F)N=CC=C2c2ccc(Cl)cc2)cc1. The van der Waals surface area contributed by atoms with Crippen molar-refractivity contribution in [1.29, 1.82) is 0 Å². The summed E-state index contributed by atoms with van der Waals surface area (Å²) in [6, 6.07) is 9.99. The molecule has 1 aliphatic heterocycles. The van der Waals surface area contributed by atoms with Gasteiger partial charge in [-0.15, -0.1) is 13.2 Å². The maximum Gasteiger partial charge on any atom is 0.596 e. The number of halogens is 4. The largest absolute Gasteiger partial charge is 0.596 e. The Labute approximate surface area is 152 Å². The number of quaternary nitrogens is 1. The molecule has 1 aliphatic rings. The van der Waals surface area contributed by atoms with Crippen LogP contribution < -0.4 is 9.73 Å². The molecule has 0 bridgehead atoms. The first-order chi connectivity index (χ1) is 12.1. The molecule has 0 aromatic heterocycles. The molecule has 2 aromatic rings. The van der Waals surface area contributed by atoms with E-state index < -0.39 is 20.9 Å². The fourth-order valence-corrected chi connectivity index (χ4v) is 3.32. The van der Waals surface area contributed by atoms with Gasteiger partial charge in [0.15, 0.2) is 11.4 Å². The smallest absolute Gasteiger partial charge is 0.225 e. The molecular weight excluding hydrogens is 391 g/mol. The molecule has 2 aromatic carbocycles. The summed E-state index contributed by atoms with van der Waals surface area (Å²) in [4.78, 5) is -0.290. The molecule has 0 saturated carbocycles. The zero-order chi connectivity index (χ0) is 19.2. The molecule has 3 rings (SSSR count). The Balaban J connectivity index is 2.18. The first kappa shape index (κ1) is 18.6. The number of allylic oxidation sites excluding steroid dienone is 1. The highest BCUT2D eigenvalue weighted by Crippen LogP contribution is 2.47. The van der Waals surface area contributed by atoms with Gasteiger partial charge < -0.3 is 0 Å². The normalized spacial score (nSPS) is 20.3. The van der Waals surface area contributed by atoms with Gasteiger partial charge in [0.25, 0.3) is 0 Å². The van der Waals surface area contributed by atoms with Crippen molar-refractivity contribution in [3.8, 4) is 0 Å². The lowest BCUT2D eigenvalue weighted by atomic mass is 10.1. The average molecular weight is 403 g/mol. The Morgan fingerprint density at radius 2 is 1.58 bits per heavy atom. The number of nitrogens with zero attached hydrogens (tertiary/aromatic N) is 2. The van der Waals surface area contributed by atoms with Crippen LogP contribution in [0.1, 0.15) is 5.56 Å². The van der Waals surface area contributed by atoms with Gasteiger partial charge >= 0.3 is 6.30 Å². The number of rotatable bonds is 3. The predicted molar refractivity (Wildman–Crippen MR) is 93.6 cm³/mol. The van der Waals surface area contributed by atoms with Gasteiger partial charge in [0.1, 0.15) is 0 Å². The highest BCUT2D eigenvalue weighted by atomic mass is 35.5. The second-order valence-corrected chi connectivity index (χ2v) is 7.46. The standard InChI is InChI=1S/C16H12ClF3N3O2S/c17-12-3-1-11(2-4-12)15-9-10-22-23(15,16(18,19)20)13-5-7-14(8-6-13)26(21,24)25/h1-10H,(H2,21,24,25)/q+1. The van der Waals surface area contributed by atoms with Crippen molar-refractivity contribution >= 4 is 39.2 Å². The molecule has 2 N–H and O–H groups in total. The fraction of sp³-hybridized carbons (Fsp3) is 0.0625. The Bertz CT molecular complexity index is 1000. The fourth-order valence-electron chi connectivity index (χ4n) is 2.68. The molecule has 136 valence electrons. The van der Waals surface area contributed by atoms with Crippen LogP contribution in [0.3, 0.4) is 0 Å². The van der Waals surface area contributed by atoms with Gasteiger partial charge in [0.2, 0.25) is 10.0 Å². The van der Waals surface area contributed by atoms with Gasteiger partial charge in [-0.25, -0.2) is 13.6 Å². The number of hydrogen-bond donors (Lipinski definition) is 1. The van der Waals surface area contributed by atoms with E-state index in [2.05, 4.69) is 5.10 Å². The summed E-state index contributed by atoms with van der Waals surface area (Å²) in [7, 11) is -4.02. The van der Waals surface area contributed by atoms with Gasteiger partial charge in [-0.1, -0.05) is 16.7 Å². The summed E-state index contributed by atoms with van der Waals surface area (Å²) in [5, 5.41) is 9.05. The number of nitrogens with two attached hydrogens (primary N) is 1. The van der Waals surface area contributed by atoms with Crippen molar-refractivity contribution in [2.75, 3.05) is 0 Å². The van der Waals surface area contributed by atoms with Crippen LogP contribution in [0, 0.1) is 0 Å². The van der Waals surface area contributed by atoms with Gasteiger partial charge in [0, 0.05) is 28.8 Å². The number of benzene rings is 2. The Hall–Kier alpha value is -2.20. The van der Waals surface area contributed by atoms with Crippen molar-refractivity contribution in [1.82, 2.24) is 4.59 Å². The van der Waals surface area contributed by atoms with Crippen LogP contribution in [0.4, 0.5) is 18.9 Å². The molecule has 26 heavy (non-hydrogen) atoms. The van der Waals surface area contributed by atoms with Gasteiger partial charge in [-0.2, -0.15) is 0 Å². The molecule has 5 nitrogen and oxygen atoms in total. The van der Waals surface area contributed by atoms with E-state index >= 15 is 0 Å². The first-order valence-electron chi connectivity index (χ1n) is 7.17. The Morgan fingerprint density at radius 3 is 2.08 bits per heavy atom. The third-order valence-electron chi connectivity index (χ3n) is 3.87. The lowest BCUT2D eigenvalue weighted by Gasteiger charge is -2.31. The van der Waals surface area contributed by atoms with Gasteiger partial charge in [0.05, 0.1) is 11.1 Å². The Morgan fingerprint density at radius 1 is 1.00 bits per heavy atom. The summed E-state index contributed by atoms with van der Waals surface area (Å²) in [5.41, 5.74) is -0.142. The minimum Gasteiger partial charge on any atom is -0.225 e. The van der Waals surface area contributed by atoms with E-state index in [9.17, 15) is 21.6 Å². The molecule has 1 unspecified atom stereocenters. The third kappa shape index (κ3) is 3.03. The van der Waals surface area contributed by atoms with Crippen LogP contribution in [-0.2, 0) is 10.0 Å². The molecule has 0 saturated heterocycles. The van der Waals surface area contributed by atoms with Crippen LogP contribution >= 0.6 is 11.6 Å². The molecule has 1 atom stereocenters. The average Bonchev–Trinajstić information content (AvgIpc) is 3.01. The van der Waals surface area contributed by atoms with Crippen LogP contribution in [0.25, 0.3) is 5.70 Å². The zero-order valence-corrected chi connectivity index (χ0v) is 14.6.